The van der Waals surface area contributed by atoms with Gasteiger partial charge < -0.3 is 5.32 Å². The van der Waals surface area contributed by atoms with Crippen LogP contribution in [0.4, 0.5) is 0 Å². The number of carbonyl (C=O) groups is 1. The summed E-state index contributed by atoms with van der Waals surface area (Å²) in [7, 11) is 1.46. The molecule has 0 spiro atoms. The van der Waals surface area contributed by atoms with Gasteiger partial charge in [-0.15, -0.1) is 0 Å². The molecule has 0 aliphatic heterocycles. The SMILES string of the molecule is Cc1ccc(S(=O)(=O)Cl)cc1C(=O)NC(C)C(C)C. The number of nitrogens with one attached hydrogen (secondary N) is 1. The summed E-state index contributed by atoms with van der Waals surface area (Å²) >= 11 is 0. The van der Waals surface area contributed by atoms with E-state index in [1.54, 1.807) is 13.0 Å². The molecule has 0 saturated heterocycles. The molecule has 4 nitrogen and oxygen atoms in total. The number of hydrogen-bond acceptors (Lipinski definition) is 3. The molecule has 0 aromatic heterocycles. The number of aryl methyl sites for hydroxylation is 1. The summed E-state index contributed by atoms with van der Waals surface area (Å²) in [4.78, 5) is 12.0. The molecule has 1 aromatic rings. The average molecular weight is 304 g/mol. The molecular formula is C13H18ClNO3S. The molecule has 0 saturated carbocycles. The molecule has 1 aromatic carbocycles. The first-order valence-corrected chi connectivity index (χ1v) is 8.30. The van der Waals surface area contributed by atoms with Crippen molar-refractivity contribution in [3.05, 3.63) is 29.3 Å². The summed E-state index contributed by atoms with van der Waals surface area (Å²) < 4.78 is 22.6. The fourth-order valence-electron chi connectivity index (χ4n) is 1.45. The van der Waals surface area contributed by atoms with E-state index in [0.717, 1.165) is 0 Å². The molecule has 1 rings (SSSR count). The van der Waals surface area contributed by atoms with E-state index in [-0.39, 0.29) is 16.8 Å². The Balaban J connectivity index is 3.10. The second kappa shape index (κ2) is 5.92. The van der Waals surface area contributed by atoms with Crippen LogP contribution in [0.25, 0.3) is 0 Å². The minimum atomic E-state index is -3.83. The van der Waals surface area contributed by atoms with Gasteiger partial charge in [0.2, 0.25) is 0 Å². The maximum absolute atomic E-state index is 12.1. The molecule has 1 amide bonds. The molecule has 19 heavy (non-hydrogen) atoms. The van der Waals surface area contributed by atoms with Gasteiger partial charge >= 0.3 is 0 Å². The molecule has 0 radical (unpaired) electrons. The predicted octanol–water partition coefficient (Wildman–Crippen LogP) is 2.70. The van der Waals surface area contributed by atoms with Crippen molar-refractivity contribution in [3.63, 3.8) is 0 Å². The first-order chi connectivity index (χ1) is 8.62. The van der Waals surface area contributed by atoms with Crippen LogP contribution in [0.2, 0.25) is 0 Å². The number of halogens is 1. The zero-order valence-electron chi connectivity index (χ0n) is 11.4. The van der Waals surface area contributed by atoms with E-state index in [4.69, 9.17) is 10.7 Å². The monoisotopic (exact) mass is 303 g/mol. The van der Waals surface area contributed by atoms with Crippen molar-refractivity contribution in [2.24, 2.45) is 5.92 Å². The quantitative estimate of drug-likeness (QED) is 0.870. The molecular weight excluding hydrogens is 286 g/mol. The molecule has 1 N–H and O–H groups in total. The van der Waals surface area contributed by atoms with E-state index in [9.17, 15) is 13.2 Å². The molecule has 0 fully saturated rings. The fourth-order valence-corrected chi connectivity index (χ4v) is 2.23. The van der Waals surface area contributed by atoms with Crippen molar-refractivity contribution in [2.75, 3.05) is 0 Å². The van der Waals surface area contributed by atoms with Crippen molar-refractivity contribution in [3.8, 4) is 0 Å². The first kappa shape index (κ1) is 16.0. The van der Waals surface area contributed by atoms with Gasteiger partial charge in [0.05, 0.1) is 4.90 Å². The third-order valence-corrected chi connectivity index (χ3v) is 4.45. The Kier molecular flexibility index (Phi) is 4.98. The minimum Gasteiger partial charge on any atom is -0.349 e. The van der Waals surface area contributed by atoms with Crippen LogP contribution in [0.15, 0.2) is 23.1 Å². The van der Waals surface area contributed by atoms with Gasteiger partial charge in [0.15, 0.2) is 0 Å². The maximum Gasteiger partial charge on any atom is 0.261 e. The summed E-state index contributed by atoms with van der Waals surface area (Å²) in [5.74, 6) is 0.00469. The largest absolute Gasteiger partial charge is 0.349 e. The zero-order valence-corrected chi connectivity index (χ0v) is 13.0. The summed E-state index contributed by atoms with van der Waals surface area (Å²) in [5.41, 5.74) is 1.03. The van der Waals surface area contributed by atoms with E-state index >= 15 is 0 Å². The summed E-state index contributed by atoms with van der Waals surface area (Å²) in [6, 6.07) is 4.27. The molecule has 1 atom stereocenters. The van der Waals surface area contributed by atoms with Crippen molar-refractivity contribution < 1.29 is 13.2 Å². The highest BCUT2D eigenvalue weighted by Gasteiger charge is 2.18. The first-order valence-electron chi connectivity index (χ1n) is 5.99. The minimum absolute atomic E-state index is 0.00293. The Bertz CT molecular complexity index is 582. The van der Waals surface area contributed by atoms with Gasteiger partial charge in [-0.3, -0.25) is 4.79 Å². The summed E-state index contributed by atoms with van der Waals surface area (Å²) in [5, 5.41) is 2.84. The van der Waals surface area contributed by atoms with E-state index in [2.05, 4.69) is 5.32 Å². The standard InChI is InChI=1S/C13H18ClNO3S/c1-8(2)10(4)15-13(16)12-7-11(19(14,17)18)6-5-9(12)3/h5-8,10H,1-4H3,(H,15,16). The second-order valence-corrected chi connectivity index (χ2v) is 7.49. The Morgan fingerprint density at radius 1 is 1.26 bits per heavy atom. The molecule has 0 bridgehead atoms. The Hall–Kier alpha value is -1.07. The topological polar surface area (TPSA) is 63.2 Å². The molecule has 106 valence electrons. The van der Waals surface area contributed by atoms with E-state index in [1.165, 1.54) is 12.1 Å². The van der Waals surface area contributed by atoms with Gasteiger partial charge in [-0.2, -0.15) is 0 Å². The average Bonchev–Trinajstić information content (AvgIpc) is 2.27. The van der Waals surface area contributed by atoms with Crippen LogP contribution in [0, 0.1) is 12.8 Å². The van der Waals surface area contributed by atoms with E-state index in [1.807, 2.05) is 20.8 Å². The van der Waals surface area contributed by atoms with Crippen molar-refractivity contribution in [1.82, 2.24) is 5.32 Å². The maximum atomic E-state index is 12.1. The fraction of sp³-hybridized carbons (Fsp3) is 0.462. The van der Waals surface area contributed by atoms with E-state index in [0.29, 0.717) is 17.0 Å². The van der Waals surface area contributed by atoms with Gasteiger partial charge in [0.1, 0.15) is 0 Å². The van der Waals surface area contributed by atoms with Gasteiger partial charge in [-0.25, -0.2) is 8.42 Å². The lowest BCUT2D eigenvalue weighted by molar-refractivity contribution is 0.0929. The van der Waals surface area contributed by atoms with Gasteiger partial charge in [-0.05, 0) is 37.5 Å². The Labute approximate surface area is 118 Å². The van der Waals surface area contributed by atoms with Crippen LogP contribution in [-0.4, -0.2) is 20.4 Å². The van der Waals surface area contributed by atoms with Crippen LogP contribution in [0.5, 0.6) is 0 Å². The van der Waals surface area contributed by atoms with Gasteiger partial charge in [-0.1, -0.05) is 19.9 Å². The third kappa shape index (κ3) is 4.21. The summed E-state index contributed by atoms with van der Waals surface area (Å²) in [6.45, 7) is 7.65. The normalized spacial score (nSPS) is 13.4. The van der Waals surface area contributed by atoms with Crippen LogP contribution in [-0.2, 0) is 9.05 Å². The third-order valence-electron chi connectivity index (χ3n) is 3.09. The Morgan fingerprint density at radius 2 is 1.84 bits per heavy atom. The van der Waals surface area contributed by atoms with Crippen molar-refractivity contribution in [1.29, 1.82) is 0 Å². The van der Waals surface area contributed by atoms with Crippen LogP contribution < -0.4 is 5.32 Å². The summed E-state index contributed by atoms with van der Waals surface area (Å²) in [6.07, 6.45) is 0. The lowest BCUT2D eigenvalue weighted by atomic mass is 10.0. The van der Waals surface area contributed by atoms with Gasteiger partial charge in [0, 0.05) is 22.3 Å². The number of hydrogen-bond donors (Lipinski definition) is 1. The van der Waals surface area contributed by atoms with E-state index < -0.39 is 9.05 Å². The number of amides is 1. The van der Waals surface area contributed by atoms with Crippen molar-refractivity contribution in [2.45, 2.75) is 38.6 Å². The number of benzene rings is 1. The van der Waals surface area contributed by atoms with Crippen LogP contribution >= 0.6 is 10.7 Å². The molecule has 0 aliphatic rings. The van der Waals surface area contributed by atoms with Crippen molar-refractivity contribution >= 4 is 25.6 Å². The highest BCUT2D eigenvalue weighted by Crippen LogP contribution is 2.19. The zero-order chi connectivity index (χ0) is 14.8. The smallest absolute Gasteiger partial charge is 0.261 e. The predicted molar refractivity (Wildman–Crippen MR) is 76.0 cm³/mol. The molecule has 0 aliphatic carbocycles. The van der Waals surface area contributed by atoms with Crippen LogP contribution in [0.1, 0.15) is 36.7 Å². The lowest BCUT2D eigenvalue weighted by Gasteiger charge is -2.18. The molecule has 6 heteroatoms. The highest BCUT2D eigenvalue weighted by atomic mass is 35.7. The van der Waals surface area contributed by atoms with Crippen LogP contribution in [0.3, 0.4) is 0 Å². The number of carbonyl (C=O) groups excluding carboxylic acids is 1. The van der Waals surface area contributed by atoms with Gasteiger partial charge in [0.25, 0.3) is 15.0 Å². The highest BCUT2D eigenvalue weighted by molar-refractivity contribution is 8.13. The number of rotatable bonds is 4. The molecule has 1 unspecified atom stereocenters. The lowest BCUT2D eigenvalue weighted by Crippen LogP contribution is -2.36. The molecule has 0 heterocycles. The second-order valence-electron chi connectivity index (χ2n) is 4.92. The Morgan fingerprint density at radius 3 is 2.32 bits per heavy atom.